The number of ether oxygens (including phenoxy) is 1. The number of aromatic nitrogens is 1. The van der Waals surface area contributed by atoms with Crippen molar-refractivity contribution in [3.63, 3.8) is 0 Å². The lowest BCUT2D eigenvalue weighted by atomic mass is 10.1. The van der Waals surface area contributed by atoms with E-state index in [1.54, 1.807) is 12.4 Å². The fourth-order valence-electron chi connectivity index (χ4n) is 2.05. The van der Waals surface area contributed by atoms with Crippen molar-refractivity contribution >= 4 is 30.7 Å². The fraction of sp³-hybridized carbons (Fsp3) is 0.538. The minimum atomic E-state index is -0.280. The topological polar surface area (TPSA) is 63.2 Å². The van der Waals surface area contributed by atoms with Gasteiger partial charge >= 0.3 is 0 Å². The van der Waals surface area contributed by atoms with E-state index in [4.69, 9.17) is 4.74 Å². The highest BCUT2D eigenvalue weighted by atomic mass is 35.5. The van der Waals surface area contributed by atoms with E-state index in [-0.39, 0.29) is 48.9 Å². The molecule has 5 nitrogen and oxygen atoms in total. The lowest BCUT2D eigenvalue weighted by molar-refractivity contribution is -0.129. The second-order valence-corrected chi connectivity index (χ2v) is 4.52. The van der Waals surface area contributed by atoms with Crippen LogP contribution in [0.4, 0.5) is 0 Å². The molecule has 0 saturated carbocycles. The number of rotatable bonds is 3. The highest BCUT2D eigenvalue weighted by Crippen LogP contribution is 2.11. The number of amides is 1. The molecular formula is C13H21Cl2N3O2. The molecule has 1 aromatic heterocycles. The molecule has 0 aliphatic carbocycles. The predicted octanol–water partition coefficient (Wildman–Crippen LogP) is 1.48. The zero-order valence-corrected chi connectivity index (χ0v) is 13.2. The number of morpholine rings is 1. The summed E-state index contributed by atoms with van der Waals surface area (Å²) in [5, 5.41) is 6.15. The van der Waals surface area contributed by atoms with E-state index in [2.05, 4.69) is 15.6 Å². The van der Waals surface area contributed by atoms with Crippen LogP contribution < -0.4 is 10.6 Å². The standard InChI is InChI=1S/C13H19N3O2.2ClH/c1-9(11-4-3-5-14-8-11)16-13(17)12-10(2)18-7-6-15-12;;/h3-5,8-10,12,15H,6-7H2,1-2H3,(H,16,17);2*1H/t9-,10+,12-;;/m0../s1. The van der Waals surface area contributed by atoms with Crippen molar-refractivity contribution in [1.29, 1.82) is 0 Å². The molecule has 1 aromatic rings. The highest BCUT2D eigenvalue weighted by Gasteiger charge is 2.29. The summed E-state index contributed by atoms with van der Waals surface area (Å²) in [5.74, 6) is -0.0291. The molecule has 1 saturated heterocycles. The summed E-state index contributed by atoms with van der Waals surface area (Å²) in [6, 6.07) is 3.48. The number of carbonyl (C=O) groups is 1. The molecule has 1 amide bonds. The van der Waals surface area contributed by atoms with Crippen LogP contribution in [0.3, 0.4) is 0 Å². The summed E-state index contributed by atoms with van der Waals surface area (Å²) in [5.41, 5.74) is 0.996. The molecular weight excluding hydrogens is 301 g/mol. The van der Waals surface area contributed by atoms with Crippen molar-refractivity contribution in [1.82, 2.24) is 15.6 Å². The third-order valence-electron chi connectivity index (χ3n) is 3.14. The van der Waals surface area contributed by atoms with Gasteiger partial charge in [0, 0.05) is 18.9 Å². The van der Waals surface area contributed by atoms with E-state index >= 15 is 0 Å². The summed E-state index contributed by atoms with van der Waals surface area (Å²) in [6.07, 6.45) is 3.38. The molecule has 3 atom stereocenters. The van der Waals surface area contributed by atoms with Gasteiger partial charge in [-0.25, -0.2) is 0 Å². The van der Waals surface area contributed by atoms with Crippen LogP contribution in [0.2, 0.25) is 0 Å². The van der Waals surface area contributed by atoms with Gasteiger partial charge in [-0.1, -0.05) is 6.07 Å². The van der Waals surface area contributed by atoms with Crippen LogP contribution in [0, 0.1) is 0 Å². The Morgan fingerprint density at radius 3 is 2.90 bits per heavy atom. The number of nitrogens with one attached hydrogen (secondary N) is 2. The van der Waals surface area contributed by atoms with E-state index < -0.39 is 0 Å². The van der Waals surface area contributed by atoms with Crippen LogP contribution in [0.5, 0.6) is 0 Å². The molecule has 114 valence electrons. The predicted molar refractivity (Wildman–Crippen MR) is 82.5 cm³/mol. The number of hydrogen-bond acceptors (Lipinski definition) is 4. The van der Waals surface area contributed by atoms with Gasteiger partial charge in [-0.2, -0.15) is 0 Å². The van der Waals surface area contributed by atoms with Gasteiger partial charge in [0.15, 0.2) is 0 Å². The number of nitrogens with zero attached hydrogens (tertiary/aromatic N) is 1. The highest BCUT2D eigenvalue weighted by molar-refractivity contribution is 5.85. The Labute approximate surface area is 131 Å². The zero-order chi connectivity index (χ0) is 13.0. The first kappa shape index (κ1) is 19.1. The Balaban J connectivity index is 0.00000180. The number of carbonyl (C=O) groups excluding carboxylic acids is 1. The number of pyridine rings is 1. The summed E-state index contributed by atoms with van der Waals surface area (Å²) in [6.45, 7) is 5.22. The average Bonchev–Trinajstić information content (AvgIpc) is 2.40. The third-order valence-corrected chi connectivity index (χ3v) is 3.14. The molecule has 2 rings (SSSR count). The molecule has 0 bridgehead atoms. The first-order chi connectivity index (χ1) is 8.68. The Morgan fingerprint density at radius 2 is 2.30 bits per heavy atom. The van der Waals surface area contributed by atoms with Gasteiger partial charge in [0.25, 0.3) is 0 Å². The van der Waals surface area contributed by atoms with Gasteiger partial charge in [0.2, 0.25) is 5.91 Å². The minimum absolute atomic E-state index is 0. The largest absolute Gasteiger partial charge is 0.375 e. The molecule has 1 aliphatic heterocycles. The second-order valence-electron chi connectivity index (χ2n) is 4.52. The van der Waals surface area contributed by atoms with E-state index in [9.17, 15) is 4.79 Å². The lowest BCUT2D eigenvalue weighted by Gasteiger charge is -2.30. The molecule has 2 heterocycles. The van der Waals surface area contributed by atoms with Crippen LogP contribution >= 0.6 is 24.8 Å². The van der Waals surface area contributed by atoms with Crippen LogP contribution in [0.15, 0.2) is 24.5 Å². The quantitative estimate of drug-likeness (QED) is 0.885. The first-order valence-electron chi connectivity index (χ1n) is 6.24. The summed E-state index contributed by atoms with van der Waals surface area (Å²) >= 11 is 0. The second kappa shape index (κ2) is 9.13. The van der Waals surface area contributed by atoms with Crippen molar-refractivity contribution in [3.05, 3.63) is 30.1 Å². The van der Waals surface area contributed by atoms with Gasteiger partial charge in [0.1, 0.15) is 6.04 Å². The van der Waals surface area contributed by atoms with Crippen LogP contribution in [0.1, 0.15) is 25.5 Å². The lowest BCUT2D eigenvalue weighted by Crippen LogP contribution is -2.55. The van der Waals surface area contributed by atoms with Gasteiger partial charge < -0.3 is 15.4 Å². The molecule has 0 radical (unpaired) electrons. The van der Waals surface area contributed by atoms with Crippen molar-refractivity contribution in [2.75, 3.05) is 13.2 Å². The summed E-state index contributed by atoms with van der Waals surface area (Å²) in [4.78, 5) is 16.2. The van der Waals surface area contributed by atoms with E-state index in [0.29, 0.717) is 13.2 Å². The number of halogens is 2. The van der Waals surface area contributed by atoms with Crippen LogP contribution in [-0.2, 0) is 9.53 Å². The van der Waals surface area contributed by atoms with Crippen molar-refractivity contribution in [3.8, 4) is 0 Å². The normalized spacial score (nSPS) is 22.9. The van der Waals surface area contributed by atoms with Crippen LogP contribution in [-0.4, -0.2) is 36.2 Å². The molecule has 1 aliphatic rings. The zero-order valence-electron chi connectivity index (χ0n) is 11.5. The Morgan fingerprint density at radius 1 is 1.55 bits per heavy atom. The Bertz CT molecular complexity index is 406. The average molecular weight is 322 g/mol. The maximum absolute atomic E-state index is 12.1. The van der Waals surface area contributed by atoms with Crippen molar-refractivity contribution in [2.45, 2.75) is 32.0 Å². The Kier molecular flexibility index (Phi) is 8.73. The van der Waals surface area contributed by atoms with E-state index in [1.807, 2.05) is 26.0 Å². The first-order valence-corrected chi connectivity index (χ1v) is 6.24. The minimum Gasteiger partial charge on any atom is -0.375 e. The smallest absolute Gasteiger partial charge is 0.240 e. The van der Waals surface area contributed by atoms with E-state index in [0.717, 1.165) is 5.56 Å². The number of hydrogen-bond donors (Lipinski definition) is 2. The van der Waals surface area contributed by atoms with Crippen molar-refractivity contribution in [2.24, 2.45) is 0 Å². The summed E-state index contributed by atoms with van der Waals surface area (Å²) < 4.78 is 5.46. The molecule has 7 heteroatoms. The van der Waals surface area contributed by atoms with Crippen LogP contribution in [0.25, 0.3) is 0 Å². The molecule has 0 unspecified atom stereocenters. The fourth-order valence-corrected chi connectivity index (χ4v) is 2.05. The molecule has 20 heavy (non-hydrogen) atoms. The Hall–Kier alpha value is -0.880. The molecule has 0 spiro atoms. The maximum Gasteiger partial charge on any atom is 0.240 e. The summed E-state index contributed by atoms with van der Waals surface area (Å²) in [7, 11) is 0. The van der Waals surface area contributed by atoms with Gasteiger partial charge in [-0.05, 0) is 25.5 Å². The molecule has 1 fully saturated rings. The monoisotopic (exact) mass is 321 g/mol. The molecule has 0 aromatic carbocycles. The van der Waals surface area contributed by atoms with Gasteiger partial charge in [0.05, 0.1) is 18.8 Å². The van der Waals surface area contributed by atoms with Crippen molar-refractivity contribution < 1.29 is 9.53 Å². The van der Waals surface area contributed by atoms with Gasteiger partial charge in [-0.15, -0.1) is 24.8 Å². The SMILES string of the molecule is C[C@H](NC(=O)[C@H]1NCCO[C@@H]1C)c1cccnc1.Cl.Cl. The third kappa shape index (κ3) is 4.90. The molecule has 2 N–H and O–H groups in total. The maximum atomic E-state index is 12.1. The van der Waals surface area contributed by atoms with E-state index in [1.165, 1.54) is 0 Å². The van der Waals surface area contributed by atoms with Gasteiger partial charge in [-0.3, -0.25) is 9.78 Å².